The predicted molar refractivity (Wildman–Crippen MR) is 70.7 cm³/mol. The first-order chi connectivity index (χ1) is 8.20. The minimum absolute atomic E-state index is 0.469. The summed E-state index contributed by atoms with van der Waals surface area (Å²) >= 11 is 3.18. The molecule has 0 radical (unpaired) electrons. The van der Waals surface area contributed by atoms with Gasteiger partial charge < -0.3 is 15.6 Å². The molecule has 0 bridgehead atoms. The molecule has 100 valence electrons. The molecule has 1 heterocycles. The van der Waals surface area contributed by atoms with E-state index in [1.54, 1.807) is 32.9 Å². The molecule has 0 spiro atoms. The summed E-state index contributed by atoms with van der Waals surface area (Å²) in [5.74, 6) is -0.641. The zero-order valence-electron chi connectivity index (χ0n) is 10.6. The molecule has 6 heteroatoms. The van der Waals surface area contributed by atoms with Gasteiger partial charge in [-0.2, -0.15) is 0 Å². The second-order valence-electron chi connectivity index (χ2n) is 4.92. The number of hydrogen-bond acceptors (Lipinski definition) is 5. The largest absolute Gasteiger partial charge is 0.459 e. The number of aliphatic hydroxyl groups excluding tert-OH is 1. The molecule has 1 aromatic heterocycles. The number of aromatic nitrogens is 1. The highest BCUT2D eigenvalue weighted by Gasteiger charge is 2.29. The van der Waals surface area contributed by atoms with Gasteiger partial charge in [-0.15, -0.1) is 0 Å². The molecule has 0 aliphatic carbocycles. The summed E-state index contributed by atoms with van der Waals surface area (Å²) in [5, 5.41) is 9.97. The lowest BCUT2D eigenvalue weighted by molar-refractivity contribution is -0.159. The molecule has 0 fully saturated rings. The van der Waals surface area contributed by atoms with Gasteiger partial charge in [0.2, 0.25) is 0 Å². The molecule has 0 amide bonds. The highest BCUT2D eigenvalue weighted by Crippen LogP contribution is 2.19. The van der Waals surface area contributed by atoms with E-state index in [9.17, 15) is 9.90 Å². The van der Waals surface area contributed by atoms with Crippen LogP contribution in [-0.4, -0.2) is 27.7 Å². The topological polar surface area (TPSA) is 85.4 Å². The molecular formula is C12H17BrN2O3. The van der Waals surface area contributed by atoms with Gasteiger partial charge in [0.1, 0.15) is 22.4 Å². The van der Waals surface area contributed by atoms with Gasteiger partial charge in [0.25, 0.3) is 0 Å². The zero-order valence-corrected chi connectivity index (χ0v) is 12.1. The molecule has 18 heavy (non-hydrogen) atoms. The molecule has 1 aromatic rings. The summed E-state index contributed by atoms with van der Waals surface area (Å²) in [5.41, 5.74) is 5.51. The summed E-state index contributed by atoms with van der Waals surface area (Å²) in [6, 6.07) is 2.18. The van der Waals surface area contributed by atoms with Gasteiger partial charge in [0, 0.05) is 11.8 Å². The van der Waals surface area contributed by atoms with Crippen molar-refractivity contribution in [1.29, 1.82) is 0 Å². The Bertz CT molecular complexity index is 414. The molecule has 0 unspecified atom stereocenters. The lowest BCUT2D eigenvalue weighted by Crippen LogP contribution is -2.41. The lowest BCUT2D eigenvalue weighted by atomic mass is 10.0. The standard InChI is InChI=1S/C12H17BrN2O3/c1-12(2,3)18-11(17)9(14)10(16)7-4-5-8(13)15-6-7/h4-6,9-10,16H,14H2,1-3H3/t9-,10+/m0/s1. The van der Waals surface area contributed by atoms with Crippen molar-refractivity contribution in [1.82, 2.24) is 4.98 Å². The van der Waals surface area contributed by atoms with Crippen LogP contribution in [0, 0.1) is 0 Å². The van der Waals surface area contributed by atoms with E-state index in [1.807, 2.05) is 0 Å². The Hall–Kier alpha value is -0.980. The summed E-state index contributed by atoms with van der Waals surface area (Å²) in [4.78, 5) is 15.7. The van der Waals surface area contributed by atoms with Gasteiger partial charge in [0.05, 0.1) is 0 Å². The van der Waals surface area contributed by atoms with E-state index in [4.69, 9.17) is 10.5 Å². The van der Waals surface area contributed by atoms with Crippen LogP contribution in [0.3, 0.4) is 0 Å². The fourth-order valence-electron chi connectivity index (χ4n) is 1.27. The van der Waals surface area contributed by atoms with Crippen molar-refractivity contribution >= 4 is 21.9 Å². The number of carbonyl (C=O) groups excluding carboxylic acids is 1. The van der Waals surface area contributed by atoms with Crippen LogP contribution in [0.25, 0.3) is 0 Å². The number of rotatable bonds is 3. The van der Waals surface area contributed by atoms with Crippen LogP contribution < -0.4 is 5.73 Å². The van der Waals surface area contributed by atoms with Gasteiger partial charge in [-0.1, -0.05) is 6.07 Å². The molecule has 1 rings (SSSR count). The van der Waals surface area contributed by atoms with E-state index in [0.717, 1.165) is 0 Å². The second-order valence-corrected chi connectivity index (χ2v) is 5.73. The molecule has 0 aliphatic heterocycles. The maximum atomic E-state index is 11.7. The lowest BCUT2D eigenvalue weighted by Gasteiger charge is -2.24. The number of aliphatic hydroxyl groups is 1. The Balaban J connectivity index is 2.74. The Morgan fingerprint density at radius 3 is 2.56 bits per heavy atom. The smallest absolute Gasteiger partial charge is 0.326 e. The van der Waals surface area contributed by atoms with Gasteiger partial charge in [-0.25, -0.2) is 4.98 Å². The van der Waals surface area contributed by atoms with Gasteiger partial charge in [-0.05, 0) is 42.8 Å². The third-order valence-electron chi connectivity index (χ3n) is 2.11. The fourth-order valence-corrected chi connectivity index (χ4v) is 1.50. The zero-order chi connectivity index (χ0) is 13.9. The maximum absolute atomic E-state index is 11.7. The Labute approximate surface area is 114 Å². The number of nitrogens with two attached hydrogens (primary N) is 1. The highest BCUT2D eigenvalue weighted by molar-refractivity contribution is 9.10. The van der Waals surface area contributed by atoms with Crippen molar-refractivity contribution in [3.63, 3.8) is 0 Å². The highest BCUT2D eigenvalue weighted by atomic mass is 79.9. The molecule has 3 N–H and O–H groups in total. The van der Waals surface area contributed by atoms with Gasteiger partial charge in [0.15, 0.2) is 0 Å². The molecule has 0 aliphatic rings. The van der Waals surface area contributed by atoms with Crippen molar-refractivity contribution in [2.24, 2.45) is 5.73 Å². The maximum Gasteiger partial charge on any atom is 0.326 e. The first-order valence-corrected chi connectivity index (χ1v) is 6.28. The average molecular weight is 317 g/mol. The Morgan fingerprint density at radius 2 is 2.11 bits per heavy atom. The summed E-state index contributed by atoms with van der Waals surface area (Å²) < 4.78 is 5.76. The molecule has 0 saturated heterocycles. The summed E-state index contributed by atoms with van der Waals surface area (Å²) in [7, 11) is 0. The van der Waals surface area contributed by atoms with Crippen molar-refractivity contribution in [3.05, 3.63) is 28.5 Å². The van der Waals surface area contributed by atoms with E-state index in [-0.39, 0.29) is 0 Å². The minimum Gasteiger partial charge on any atom is -0.459 e. The number of carbonyl (C=O) groups is 1. The van der Waals surface area contributed by atoms with E-state index >= 15 is 0 Å². The second kappa shape index (κ2) is 5.77. The molecule has 5 nitrogen and oxygen atoms in total. The monoisotopic (exact) mass is 316 g/mol. The van der Waals surface area contributed by atoms with E-state index < -0.39 is 23.7 Å². The number of esters is 1. The van der Waals surface area contributed by atoms with Crippen molar-refractivity contribution in [2.75, 3.05) is 0 Å². The van der Waals surface area contributed by atoms with Crippen LogP contribution in [-0.2, 0) is 9.53 Å². The van der Waals surface area contributed by atoms with Crippen LogP contribution in [0.5, 0.6) is 0 Å². The molecule has 0 saturated carbocycles. The van der Waals surface area contributed by atoms with Crippen LogP contribution in [0.15, 0.2) is 22.9 Å². The molecule has 2 atom stereocenters. The Morgan fingerprint density at radius 1 is 1.50 bits per heavy atom. The Kier molecular flexibility index (Phi) is 4.84. The quantitative estimate of drug-likeness (QED) is 0.652. The van der Waals surface area contributed by atoms with Gasteiger partial charge in [-0.3, -0.25) is 4.79 Å². The van der Waals surface area contributed by atoms with E-state index in [2.05, 4.69) is 20.9 Å². The fraction of sp³-hybridized carbons (Fsp3) is 0.500. The summed E-state index contributed by atoms with van der Waals surface area (Å²) in [6.07, 6.45) is 0.319. The minimum atomic E-state index is -1.14. The molecule has 0 aromatic carbocycles. The third kappa shape index (κ3) is 4.36. The van der Waals surface area contributed by atoms with Crippen LogP contribution in [0.4, 0.5) is 0 Å². The number of pyridine rings is 1. The van der Waals surface area contributed by atoms with Crippen molar-refractivity contribution < 1.29 is 14.6 Å². The first kappa shape index (κ1) is 15.1. The van der Waals surface area contributed by atoms with Crippen LogP contribution in [0.1, 0.15) is 32.4 Å². The number of hydrogen-bond donors (Lipinski definition) is 2. The van der Waals surface area contributed by atoms with Gasteiger partial charge >= 0.3 is 5.97 Å². The first-order valence-electron chi connectivity index (χ1n) is 5.48. The van der Waals surface area contributed by atoms with E-state index in [0.29, 0.717) is 10.2 Å². The SMILES string of the molecule is CC(C)(C)OC(=O)[C@@H](N)[C@H](O)c1ccc(Br)nc1. The average Bonchev–Trinajstić information content (AvgIpc) is 2.26. The third-order valence-corrected chi connectivity index (χ3v) is 2.58. The normalized spacial score (nSPS) is 15.0. The summed E-state index contributed by atoms with van der Waals surface area (Å²) in [6.45, 7) is 5.22. The number of ether oxygens (including phenoxy) is 1. The predicted octanol–water partition coefficient (Wildman–Crippen LogP) is 1.55. The van der Waals surface area contributed by atoms with Crippen molar-refractivity contribution in [3.8, 4) is 0 Å². The number of nitrogens with zero attached hydrogens (tertiary/aromatic N) is 1. The molecular weight excluding hydrogens is 300 g/mol. The number of halogens is 1. The van der Waals surface area contributed by atoms with E-state index in [1.165, 1.54) is 6.20 Å². The van der Waals surface area contributed by atoms with Crippen LogP contribution in [0.2, 0.25) is 0 Å². The van der Waals surface area contributed by atoms with Crippen LogP contribution >= 0.6 is 15.9 Å². The van der Waals surface area contributed by atoms with Crippen molar-refractivity contribution in [2.45, 2.75) is 38.5 Å².